The molecular formula is C12H19ClN2O2. The monoisotopic (exact) mass is 258 g/mol. The van der Waals surface area contributed by atoms with Gasteiger partial charge in [0, 0.05) is 19.6 Å². The highest BCUT2D eigenvalue weighted by atomic mass is 35.5. The van der Waals surface area contributed by atoms with Gasteiger partial charge in [0.25, 0.3) is 0 Å². The molecule has 0 aliphatic carbocycles. The van der Waals surface area contributed by atoms with E-state index < -0.39 is 0 Å². The molecule has 0 unspecified atom stereocenters. The predicted molar refractivity (Wildman–Crippen MR) is 70.0 cm³/mol. The molecule has 0 aliphatic rings. The molecule has 1 aromatic rings. The molecule has 0 fully saturated rings. The molecule has 5 heteroatoms. The SMILES string of the molecule is COC(=O)CN(CCN)Cc1ccccc1.Cl. The van der Waals surface area contributed by atoms with E-state index in [4.69, 9.17) is 5.73 Å². The van der Waals surface area contributed by atoms with Crippen LogP contribution in [-0.4, -0.2) is 37.6 Å². The molecule has 4 nitrogen and oxygen atoms in total. The Bertz CT molecular complexity index is 320. The first-order valence-corrected chi connectivity index (χ1v) is 5.29. The van der Waals surface area contributed by atoms with Crippen LogP contribution >= 0.6 is 12.4 Å². The van der Waals surface area contributed by atoms with Gasteiger partial charge in [-0.2, -0.15) is 0 Å². The molecular weight excluding hydrogens is 240 g/mol. The second kappa shape index (κ2) is 8.98. The molecule has 0 heterocycles. The van der Waals surface area contributed by atoms with Crippen molar-refractivity contribution in [3.63, 3.8) is 0 Å². The molecule has 1 rings (SSSR count). The van der Waals surface area contributed by atoms with E-state index in [-0.39, 0.29) is 24.9 Å². The zero-order valence-electron chi connectivity index (χ0n) is 9.96. The minimum absolute atomic E-state index is 0. The van der Waals surface area contributed by atoms with E-state index in [0.29, 0.717) is 19.6 Å². The largest absolute Gasteiger partial charge is 0.468 e. The van der Waals surface area contributed by atoms with Crippen molar-refractivity contribution in [2.45, 2.75) is 6.54 Å². The van der Waals surface area contributed by atoms with Crippen LogP contribution in [0.15, 0.2) is 30.3 Å². The fourth-order valence-corrected chi connectivity index (χ4v) is 1.49. The average molecular weight is 259 g/mol. The van der Waals surface area contributed by atoms with Gasteiger partial charge >= 0.3 is 5.97 Å². The van der Waals surface area contributed by atoms with Gasteiger partial charge < -0.3 is 10.5 Å². The lowest BCUT2D eigenvalue weighted by Gasteiger charge is -2.20. The van der Waals surface area contributed by atoms with Crippen molar-refractivity contribution < 1.29 is 9.53 Å². The summed E-state index contributed by atoms with van der Waals surface area (Å²) in [6.45, 7) is 2.21. The average Bonchev–Trinajstić information content (AvgIpc) is 2.30. The number of rotatable bonds is 6. The minimum Gasteiger partial charge on any atom is -0.468 e. The van der Waals surface area contributed by atoms with Crippen LogP contribution in [0.5, 0.6) is 0 Å². The van der Waals surface area contributed by atoms with Crippen LogP contribution in [-0.2, 0) is 16.1 Å². The Morgan fingerprint density at radius 1 is 1.35 bits per heavy atom. The Hall–Kier alpha value is -1.10. The zero-order valence-corrected chi connectivity index (χ0v) is 10.8. The number of hydrogen-bond acceptors (Lipinski definition) is 4. The van der Waals surface area contributed by atoms with Crippen LogP contribution < -0.4 is 5.73 Å². The molecule has 0 aromatic heterocycles. The highest BCUT2D eigenvalue weighted by Gasteiger charge is 2.10. The number of esters is 1. The number of nitrogens with two attached hydrogens (primary N) is 1. The number of nitrogens with zero attached hydrogens (tertiary/aromatic N) is 1. The van der Waals surface area contributed by atoms with Gasteiger partial charge in [0.05, 0.1) is 13.7 Å². The second-order valence-corrected chi connectivity index (χ2v) is 3.56. The Morgan fingerprint density at radius 2 is 2.00 bits per heavy atom. The van der Waals surface area contributed by atoms with Crippen molar-refractivity contribution in [3.05, 3.63) is 35.9 Å². The van der Waals surface area contributed by atoms with Crippen molar-refractivity contribution in [2.24, 2.45) is 5.73 Å². The second-order valence-electron chi connectivity index (χ2n) is 3.56. The van der Waals surface area contributed by atoms with Crippen LogP contribution in [0, 0.1) is 0 Å². The maximum Gasteiger partial charge on any atom is 0.319 e. The topological polar surface area (TPSA) is 55.6 Å². The fourth-order valence-electron chi connectivity index (χ4n) is 1.49. The van der Waals surface area contributed by atoms with Gasteiger partial charge in [0.2, 0.25) is 0 Å². The van der Waals surface area contributed by atoms with Crippen LogP contribution in [0.2, 0.25) is 0 Å². The Balaban J connectivity index is 0.00000256. The van der Waals surface area contributed by atoms with Gasteiger partial charge in [-0.3, -0.25) is 9.69 Å². The first-order chi connectivity index (χ1) is 7.76. The number of halogens is 1. The lowest BCUT2D eigenvalue weighted by Crippen LogP contribution is -2.34. The van der Waals surface area contributed by atoms with Crippen molar-refractivity contribution >= 4 is 18.4 Å². The Kier molecular flexibility index (Phi) is 8.40. The molecule has 0 amide bonds. The molecule has 1 aromatic carbocycles. The quantitative estimate of drug-likeness (QED) is 0.775. The third-order valence-corrected chi connectivity index (χ3v) is 2.27. The van der Waals surface area contributed by atoms with Crippen LogP contribution in [0.1, 0.15) is 5.56 Å². The van der Waals surface area contributed by atoms with Crippen LogP contribution in [0.4, 0.5) is 0 Å². The summed E-state index contributed by atoms with van der Waals surface area (Å²) in [5.74, 6) is -0.232. The van der Waals surface area contributed by atoms with Gasteiger partial charge in [-0.15, -0.1) is 12.4 Å². The van der Waals surface area contributed by atoms with E-state index in [2.05, 4.69) is 4.74 Å². The highest BCUT2D eigenvalue weighted by Crippen LogP contribution is 2.03. The maximum atomic E-state index is 11.2. The summed E-state index contributed by atoms with van der Waals surface area (Å²) in [6.07, 6.45) is 0. The minimum atomic E-state index is -0.232. The first-order valence-electron chi connectivity index (χ1n) is 5.29. The van der Waals surface area contributed by atoms with Gasteiger partial charge in [0.15, 0.2) is 0 Å². The number of carbonyl (C=O) groups is 1. The van der Waals surface area contributed by atoms with Gasteiger partial charge in [-0.1, -0.05) is 30.3 Å². The van der Waals surface area contributed by atoms with E-state index in [1.165, 1.54) is 12.7 Å². The third kappa shape index (κ3) is 6.26. The molecule has 96 valence electrons. The van der Waals surface area contributed by atoms with Crippen molar-refractivity contribution in [3.8, 4) is 0 Å². The summed E-state index contributed by atoms with van der Waals surface area (Å²) < 4.78 is 4.64. The highest BCUT2D eigenvalue weighted by molar-refractivity contribution is 5.85. The smallest absolute Gasteiger partial charge is 0.319 e. The van der Waals surface area contributed by atoms with E-state index in [0.717, 1.165) is 0 Å². The van der Waals surface area contributed by atoms with E-state index in [1.807, 2.05) is 35.2 Å². The molecule has 2 N–H and O–H groups in total. The predicted octanol–water partition coefficient (Wildman–Crippen LogP) is 1.04. The molecule has 0 spiro atoms. The molecule has 0 radical (unpaired) electrons. The van der Waals surface area contributed by atoms with Crippen molar-refractivity contribution in [2.75, 3.05) is 26.7 Å². The van der Waals surface area contributed by atoms with Gasteiger partial charge in [-0.25, -0.2) is 0 Å². The molecule has 0 bridgehead atoms. The summed E-state index contributed by atoms with van der Waals surface area (Å²) in [4.78, 5) is 13.2. The lowest BCUT2D eigenvalue weighted by atomic mass is 10.2. The fraction of sp³-hybridized carbons (Fsp3) is 0.417. The summed E-state index contributed by atoms with van der Waals surface area (Å²) in [7, 11) is 1.39. The summed E-state index contributed by atoms with van der Waals surface area (Å²) in [5, 5.41) is 0. The van der Waals surface area contributed by atoms with Crippen LogP contribution in [0.3, 0.4) is 0 Å². The standard InChI is InChI=1S/C12H18N2O2.ClH/c1-16-12(15)10-14(8-7-13)9-11-5-3-2-4-6-11;/h2-6H,7-10,13H2,1H3;1H. The van der Waals surface area contributed by atoms with E-state index in [9.17, 15) is 4.79 Å². The lowest BCUT2D eigenvalue weighted by molar-refractivity contribution is -0.142. The third-order valence-electron chi connectivity index (χ3n) is 2.27. The molecule has 0 atom stereocenters. The first kappa shape index (κ1) is 15.9. The number of hydrogen-bond donors (Lipinski definition) is 1. The van der Waals surface area contributed by atoms with Crippen molar-refractivity contribution in [1.82, 2.24) is 4.90 Å². The number of methoxy groups -OCH3 is 1. The molecule has 0 saturated heterocycles. The molecule has 0 saturated carbocycles. The normalized spacial score (nSPS) is 9.82. The molecule has 17 heavy (non-hydrogen) atoms. The van der Waals surface area contributed by atoms with Gasteiger partial charge in [-0.05, 0) is 5.56 Å². The van der Waals surface area contributed by atoms with E-state index >= 15 is 0 Å². The van der Waals surface area contributed by atoms with E-state index in [1.54, 1.807) is 0 Å². The Labute approximate surface area is 108 Å². The summed E-state index contributed by atoms with van der Waals surface area (Å²) in [6, 6.07) is 9.99. The molecule has 0 aliphatic heterocycles. The zero-order chi connectivity index (χ0) is 11.8. The summed E-state index contributed by atoms with van der Waals surface area (Å²) >= 11 is 0. The number of carbonyl (C=O) groups excluding carboxylic acids is 1. The van der Waals surface area contributed by atoms with Gasteiger partial charge in [0.1, 0.15) is 0 Å². The number of ether oxygens (including phenoxy) is 1. The van der Waals surface area contributed by atoms with Crippen molar-refractivity contribution in [1.29, 1.82) is 0 Å². The number of benzene rings is 1. The Morgan fingerprint density at radius 3 is 2.53 bits per heavy atom. The maximum absolute atomic E-state index is 11.2. The summed E-state index contributed by atoms with van der Waals surface area (Å²) in [5.41, 5.74) is 6.67. The van der Waals surface area contributed by atoms with Crippen LogP contribution in [0.25, 0.3) is 0 Å².